The minimum Gasteiger partial charge on any atom is -0.341 e. The van der Waals surface area contributed by atoms with Gasteiger partial charge in [-0.15, -0.1) is 11.6 Å². The van der Waals surface area contributed by atoms with E-state index in [1.807, 2.05) is 24.3 Å². The lowest BCUT2D eigenvalue weighted by molar-refractivity contribution is 0.773. The van der Waals surface area contributed by atoms with Crippen LogP contribution < -0.4 is 4.90 Å². The molecular formula is C12H16ClN3. The van der Waals surface area contributed by atoms with Gasteiger partial charge in [-0.05, 0) is 18.6 Å². The quantitative estimate of drug-likeness (QED) is 0.811. The number of hydrogen-bond acceptors (Lipinski definition) is 2. The molecule has 0 fully saturated rings. The summed E-state index contributed by atoms with van der Waals surface area (Å²) in [6, 6.07) is 8.06. The third kappa shape index (κ3) is 2.30. The van der Waals surface area contributed by atoms with Crippen LogP contribution in [0.3, 0.4) is 0 Å². The Hall–Kier alpha value is -1.22. The van der Waals surface area contributed by atoms with Crippen molar-refractivity contribution in [2.24, 2.45) is 0 Å². The third-order valence-electron chi connectivity index (χ3n) is 2.52. The Balaban J connectivity index is 2.29. The van der Waals surface area contributed by atoms with Crippen LogP contribution in [0.1, 0.15) is 13.3 Å². The Morgan fingerprint density at radius 3 is 2.81 bits per heavy atom. The summed E-state index contributed by atoms with van der Waals surface area (Å²) in [6.45, 7) is 3.96. The van der Waals surface area contributed by atoms with E-state index in [1.54, 1.807) is 0 Å². The van der Waals surface area contributed by atoms with Gasteiger partial charge in [0.1, 0.15) is 0 Å². The third-order valence-corrected chi connectivity index (χ3v) is 2.69. The minimum absolute atomic E-state index is 0.622. The molecule has 0 atom stereocenters. The van der Waals surface area contributed by atoms with Gasteiger partial charge >= 0.3 is 0 Å². The molecule has 0 aliphatic carbocycles. The number of nitrogens with one attached hydrogen (secondary N) is 1. The second kappa shape index (κ2) is 5.21. The number of H-pyrrole nitrogens is 1. The molecule has 4 heteroatoms. The number of para-hydroxylation sites is 2. The normalized spacial score (nSPS) is 10.9. The first-order valence-electron chi connectivity index (χ1n) is 5.60. The summed E-state index contributed by atoms with van der Waals surface area (Å²) in [5, 5.41) is 0. The Kier molecular flexibility index (Phi) is 3.67. The topological polar surface area (TPSA) is 31.9 Å². The number of imidazole rings is 1. The summed E-state index contributed by atoms with van der Waals surface area (Å²) < 4.78 is 0. The highest BCUT2D eigenvalue weighted by Crippen LogP contribution is 2.17. The van der Waals surface area contributed by atoms with Crippen molar-refractivity contribution < 1.29 is 0 Å². The first kappa shape index (κ1) is 11.3. The molecule has 1 N–H and O–H groups in total. The Bertz CT molecular complexity index is 413. The fourth-order valence-electron chi connectivity index (χ4n) is 1.78. The van der Waals surface area contributed by atoms with Gasteiger partial charge in [0.15, 0.2) is 0 Å². The molecule has 0 bridgehead atoms. The van der Waals surface area contributed by atoms with Crippen LogP contribution in [0.2, 0.25) is 0 Å². The SMILES string of the molecule is CCCN(CCCl)c1nc2ccccc2[nH]1. The molecule has 16 heavy (non-hydrogen) atoms. The number of aromatic nitrogens is 2. The van der Waals surface area contributed by atoms with Gasteiger partial charge in [-0.1, -0.05) is 19.1 Å². The summed E-state index contributed by atoms with van der Waals surface area (Å²) in [4.78, 5) is 10.1. The van der Waals surface area contributed by atoms with E-state index < -0.39 is 0 Å². The van der Waals surface area contributed by atoms with Crippen LogP contribution in [0.15, 0.2) is 24.3 Å². The molecule has 0 saturated carbocycles. The van der Waals surface area contributed by atoms with Crippen molar-refractivity contribution in [3.8, 4) is 0 Å². The number of nitrogens with zero attached hydrogens (tertiary/aromatic N) is 2. The number of anilines is 1. The number of alkyl halides is 1. The van der Waals surface area contributed by atoms with Gasteiger partial charge in [-0.2, -0.15) is 0 Å². The van der Waals surface area contributed by atoms with Crippen molar-refractivity contribution in [3.05, 3.63) is 24.3 Å². The molecule has 1 aromatic carbocycles. The zero-order valence-electron chi connectivity index (χ0n) is 9.41. The predicted octanol–water partition coefficient (Wildman–Crippen LogP) is 3.02. The summed E-state index contributed by atoms with van der Waals surface area (Å²) in [5.41, 5.74) is 2.08. The van der Waals surface area contributed by atoms with E-state index in [1.165, 1.54) is 0 Å². The smallest absolute Gasteiger partial charge is 0.203 e. The molecule has 2 aromatic rings. The molecule has 0 radical (unpaired) electrons. The Morgan fingerprint density at radius 2 is 2.12 bits per heavy atom. The average Bonchev–Trinajstić information content (AvgIpc) is 2.72. The molecular weight excluding hydrogens is 222 g/mol. The van der Waals surface area contributed by atoms with Gasteiger partial charge in [0.2, 0.25) is 5.95 Å². The standard InChI is InChI=1S/C12H16ClN3/c1-2-8-16(9-7-13)12-14-10-5-3-4-6-11(10)15-12/h3-6H,2,7-9H2,1H3,(H,14,15). The Morgan fingerprint density at radius 1 is 1.31 bits per heavy atom. The van der Waals surface area contributed by atoms with E-state index in [0.717, 1.165) is 36.5 Å². The fourth-order valence-corrected chi connectivity index (χ4v) is 1.99. The number of aromatic amines is 1. The maximum Gasteiger partial charge on any atom is 0.203 e. The van der Waals surface area contributed by atoms with Gasteiger partial charge in [0.05, 0.1) is 11.0 Å². The first-order valence-corrected chi connectivity index (χ1v) is 6.14. The van der Waals surface area contributed by atoms with Gasteiger partial charge in [0.25, 0.3) is 0 Å². The van der Waals surface area contributed by atoms with Crippen LogP contribution in [-0.4, -0.2) is 28.9 Å². The summed E-state index contributed by atoms with van der Waals surface area (Å²) in [6.07, 6.45) is 1.09. The largest absolute Gasteiger partial charge is 0.341 e. The molecule has 0 saturated heterocycles. The number of fused-ring (bicyclic) bond motifs is 1. The van der Waals surface area contributed by atoms with Gasteiger partial charge in [-0.3, -0.25) is 0 Å². The number of hydrogen-bond donors (Lipinski definition) is 1. The number of halogens is 1. The molecule has 2 rings (SSSR count). The molecule has 3 nitrogen and oxygen atoms in total. The minimum atomic E-state index is 0.622. The zero-order valence-corrected chi connectivity index (χ0v) is 10.2. The lowest BCUT2D eigenvalue weighted by atomic mass is 10.3. The highest BCUT2D eigenvalue weighted by atomic mass is 35.5. The van der Waals surface area contributed by atoms with Crippen LogP contribution in [0.25, 0.3) is 11.0 Å². The van der Waals surface area contributed by atoms with Crippen LogP contribution in [-0.2, 0) is 0 Å². The summed E-state index contributed by atoms with van der Waals surface area (Å²) in [7, 11) is 0. The monoisotopic (exact) mass is 237 g/mol. The van der Waals surface area contributed by atoms with Crippen molar-refractivity contribution in [1.82, 2.24) is 9.97 Å². The lowest BCUT2D eigenvalue weighted by Crippen LogP contribution is -2.27. The Labute approximate surface area is 100 Å². The maximum absolute atomic E-state index is 5.80. The maximum atomic E-state index is 5.80. The van der Waals surface area contributed by atoms with E-state index in [4.69, 9.17) is 11.6 Å². The van der Waals surface area contributed by atoms with Crippen molar-refractivity contribution in [2.45, 2.75) is 13.3 Å². The van der Waals surface area contributed by atoms with Crippen molar-refractivity contribution in [1.29, 1.82) is 0 Å². The van der Waals surface area contributed by atoms with Crippen LogP contribution >= 0.6 is 11.6 Å². The molecule has 1 aromatic heterocycles. The number of rotatable bonds is 5. The molecule has 0 aliphatic rings. The van der Waals surface area contributed by atoms with E-state index in [-0.39, 0.29) is 0 Å². The highest BCUT2D eigenvalue weighted by molar-refractivity contribution is 6.18. The molecule has 0 amide bonds. The van der Waals surface area contributed by atoms with E-state index in [0.29, 0.717) is 5.88 Å². The number of benzene rings is 1. The molecule has 86 valence electrons. The lowest BCUT2D eigenvalue weighted by Gasteiger charge is -2.19. The highest BCUT2D eigenvalue weighted by Gasteiger charge is 2.09. The van der Waals surface area contributed by atoms with Gasteiger partial charge < -0.3 is 9.88 Å². The second-order valence-electron chi connectivity index (χ2n) is 3.75. The van der Waals surface area contributed by atoms with Crippen LogP contribution in [0.5, 0.6) is 0 Å². The first-order chi connectivity index (χ1) is 7.85. The van der Waals surface area contributed by atoms with Crippen molar-refractivity contribution in [2.75, 3.05) is 23.9 Å². The molecule has 0 spiro atoms. The van der Waals surface area contributed by atoms with Crippen molar-refractivity contribution in [3.63, 3.8) is 0 Å². The van der Waals surface area contributed by atoms with E-state index in [9.17, 15) is 0 Å². The van der Waals surface area contributed by atoms with E-state index >= 15 is 0 Å². The van der Waals surface area contributed by atoms with Crippen LogP contribution in [0.4, 0.5) is 5.95 Å². The van der Waals surface area contributed by atoms with Crippen molar-refractivity contribution >= 4 is 28.6 Å². The zero-order chi connectivity index (χ0) is 11.4. The average molecular weight is 238 g/mol. The second-order valence-corrected chi connectivity index (χ2v) is 4.13. The van der Waals surface area contributed by atoms with Crippen LogP contribution in [0, 0.1) is 0 Å². The molecule has 1 heterocycles. The fraction of sp³-hybridized carbons (Fsp3) is 0.417. The molecule has 0 aliphatic heterocycles. The molecule has 0 unspecified atom stereocenters. The van der Waals surface area contributed by atoms with E-state index in [2.05, 4.69) is 21.8 Å². The summed E-state index contributed by atoms with van der Waals surface area (Å²) >= 11 is 5.80. The van der Waals surface area contributed by atoms with Gasteiger partial charge in [-0.25, -0.2) is 4.98 Å². The summed E-state index contributed by atoms with van der Waals surface area (Å²) in [5.74, 6) is 1.54. The predicted molar refractivity (Wildman–Crippen MR) is 69.3 cm³/mol. The van der Waals surface area contributed by atoms with Gasteiger partial charge in [0, 0.05) is 19.0 Å².